The molecule has 0 unspecified atom stereocenters. The number of anilines is 1. The zero-order valence-electron chi connectivity index (χ0n) is 18.4. The number of hydrogen-bond donors (Lipinski definition) is 1. The number of nitro benzene ring substituents is 1. The van der Waals surface area contributed by atoms with Crippen LogP contribution in [0.2, 0.25) is 0 Å². The Balaban J connectivity index is 1.40. The number of hydrogen-bond acceptors (Lipinski definition) is 6. The number of nitrogens with zero attached hydrogens (tertiary/aromatic N) is 5. The predicted molar refractivity (Wildman–Crippen MR) is 121 cm³/mol. The van der Waals surface area contributed by atoms with Crippen LogP contribution >= 0.6 is 0 Å². The Bertz CT molecular complexity index is 1360. The molecule has 1 amide bonds. The Labute approximate surface area is 193 Å². The number of halogens is 1. The van der Waals surface area contributed by atoms with Gasteiger partial charge in [0.15, 0.2) is 12.4 Å². The van der Waals surface area contributed by atoms with Gasteiger partial charge >= 0.3 is 5.69 Å². The third-order valence-electron chi connectivity index (χ3n) is 4.96. The summed E-state index contributed by atoms with van der Waals surface area (Å²) in [6.07, 6.45) is 1.49. The Kier molecular flexibility index (Phi) is 6.35. The maximum Gasteiger partial charge on any atom is 0.311 e. The number of carbonyl (C=O) groups is 1. The summed E-state index contributed by atoms with van der Waals surface area (Å²) < 4.78 is 22.0. The molecular weight excluding hydrogens is 443 g/mol. The minimum absolute atomic E-state index is 0.126. The van der Waals surface area contributed by atoms with E-state index < -0.39 is 16.6 Å². The fourth-order valence-electron chi connectivity index (χ4n) is 3.40. The van der Waals surface area contributed by atoms with Crippen LogP contribution in [-0.4, -0.2) is 30.4 Å². The minimum atomic E-state index is -0.667. The molecule has 0 aliphatic rings. The minimum Gasteiger partial charge on any atom is -0.464 e. The molecule has 0 aliphatic heterocycles. The van der Waals surface area contributed by atoms with Crippen molar-refractivity contribution in [2.24, 2.45) is 0 Å². The fraction of sp³-hybridized carbons (Fsp3) is 0.174. The molecule has 0 bridgehead atoms. The van der Waals surface area contributed by atoms with Crippen LogP contribution in [0.3, 0.4) is 0 Å². The van der Waals surface area contributed by atoms with Crippen molar-refractivity contribution < 1.29 is 18.8 Å². The SMILES string of the molecule is Cc1cc(C)n(Cc2cccc(NC(=O)c3ccn(COc4cc(F)ccc4[N+](=O)[O-])n3)c2)n1. The van der Waals surface area contributed by atoms with E-state index in [0.29, 0.717) is 12.2 Å². The second-order valence-corrected chi connectivity index (χ2v) is 7.62. The number of ether oxygens (including phenoxy) is 1. The maximum atomic E-state index is 13.4. The molecule has 0 saturated carbocycles. The van der Waals surface area contributed by atoms with Crippen LogP contribution in [0.5, 0.6) is 5.75 Å². The van der Waals surface area contributed by atoms with Crippen LogP contribution in [0.1, 0.15) is 27.4 Å². The Hall–Kier alpha value is -4.54. The van der Waals surface area contributed by atoms with Crippen LogP contribution < -0.4 is 10.1 Å². The van der Waals surface area contributed by atoms with Gasteiger partial charge in [0.25, 0.3) is 5.91 Å². The molecule has 4 rings (SSSR count). The highest BCUT2D eigenvalue weighted by atomic mass is 19.1. The number of aromatic nitrogens is 4. The van der Waals surface area contributed by atoms with E-state index in [1.807, 2.05) is 42.8 Å². The Morgan fingerprint density at radius 1 is 1.15 bits per heavy atom. The highest BCUT2D eigenvalue weighted by Crippen LogP contribution is 2.27. The first-order chi connectivity index (χ1) is 16.3. The zero-order valence-corrected chi connectivity index (χ0v) is 18.4. The monoisotopic (exact) mass is 464 g/mol. The average molecular weight is 464 g/mol. The second-order valence-electron chi connectivity index (χ2n) is 7.62. The van der Waals surface area contributed by atoms with Crippen molar-refractivity contribution in [2.75, 3.05) is 5.32 Å². The first-order valence-corrected chi connectivity index (χ1v) is 10.3. The lowest BCUT2D eigenvalue weighted by Crippen LogP contribution is -2.14. The molecule has 11 heteroatoms. The van der Waals surface area contributed by atoms with Gasteiger partial charge in [0.05, 0.1) is 17.2 Å². The summed E-state index contributed by atoms with van der Waals surface area (Å²) in [5.41, 5.74) is 3.31. The van der Waals surface area contributed by atoms with E-state index in [0.717, 1.165) is 35.2 Å². The summed E-state index contributed by atoms with van der Waals surface area (Å²) in [6.45, 7) is 4.25. The van der Waals surface area contributed by atoms with E-state index in [1.165, 1.54) is 16.9 Å². The highest BCUT2D eigenvalue weighted by Gasteiger charge is 2.17. The quantitative estimate of drug-likeness (QED) is 0.310. The molecule has 10 nitrogen and oxygen atoms in total. The van der Waals surface area contributed by atoms with E-state index >= 15 is 0 Å². The number of amides is 1. The number of benzene rings is 2. The van der Waals surface area contributed by atoms with Crippen molar-refractivity contribution in [2.45, 2.75) is 27.1 Å². The van der Waals surface area contributed by atoms with Crippen molar-refractivity contribution in [1.82, 2.24) is 19.6 Å². The Morgan fingerprint density at radius 3 is 2.71 bits per heavy atom. The van der Waals surface area contributed by atoms with E-state index in [-0.39, 0.29) is 23.9 Å². The topological polar surface area (TPSA) is 117 Å². The zero-order chi connectivity index (χ0) is 24.2. The van der Waals surface area contributed by atoms with Crippen molar-refractivity contribution in [3.63, 3.8) is 0 Å². The molecule has 2 heterocycles. The molecule has 4 aromatic rings. The fourth-order valence-corrected chi connectivity index (χ4v) is 3.40. The normalized spacial score (nSPS) is 10.8. The molecule has 2 aromatic carbocycles. The van der Waals surface area contributed by atoms with Crippen LogP contribution in [0.25, 0.3) is 0 Å². The third-order valence-corrected chi connectivity index (χ3v) is 4.96. The Morgan fingerprint density at radius 2 is 1.97 bits per heavy atom. The van der Waals surface area contributed by atoms with Crippen molar-refractivity contribution in [1.29, 1.82) is 0 Å². The molecule has 0 saturated heterocycles. The van der Waals surface area contributed by atoms with Crippen molar-refractivity contribution in [3.8, 4) is 5.75 Å². The number of nitro groups is 1. The summed E-state index contributed by atoms with van der Waals surface area (Å²) in [7, 11) is 0. The van der Waals surface area contributed by atoms with Gasteiger partial charge in [0, 0.05) is 29.7 Å². The third kappa shape index (κ3) is 5.26. The maximum absolute atomic E-state index is 13.4. The lowest BCUT2D eigenvalue weighted by Gasteiger charge is -2.08. The van der Waals surface area contributed by atoms with Gasteiger partial charge in [0.2, 0.25) is 5.75 Å². The summed E-state index contributed by atoms with van der Waals surface area (Å²) >= 11 is 0. The van der Waals surface area contributed by atoms with Gasteiger partial charge in [-0.2, -0.15) is 10.2 Å². The summed E-state index contributed by atoms with van der Waals surface area (Å²) in [4.78, 5) is 23.0. The van der Waals surface area contributed by atoms with Gasteiger partial charge in [-0.3, -0.25) is 19.6 Å². The van der Waals surface area contributed by atoms with Crippen LogP contribution in [0, 0.1) is 29.8 Å². The molecule has 0 fully saturated rings. The summed E-state index contributed by atoms with van der Waals surface area (Å²) in [5.74, 6) is -1.33. The van der Waals surface area contributed by atoms with Gasteiger partial charge in [0.1, 0.15) is 5.82 Å². The van der Waals surface area contributed by atoms with E-state index in [1.54, 1.807) is 6.07 Å². The largest absolute Gasteiger partial charge is 0.464 e. The van der Waals surface area contributed by atoms with E-state index in [2.05, 4.69) is 15.5 Å². The number of rotatable bonds is 8. The smallest absolute Gasteiger partial charge is 0.311 e. The van der Waals surface area contributed by atoms with Gasteiger partial charge in [-0.05, 0) is 49.7 Å². The standard InChI is InChI=1S/C23H21FN6O4/c1-15-10-16(2)29(26-15)13-17-4-3-5-19(11-17)25-23(31)20-8-9-28(27-20)14-34-22-12-18(24)6-7-21(22)30(32)33/h3-12H,13-14H2,1-2H3,(H,25,31). The molecular formula is C23H21FN6O4. The predicted octanol–water partition coefficient (Wildman–Crippen LogP) is 4.08. The van der Waals surface area contributed by atoms with Crippen LogP contribution in [-0.2, 0) is 13.3 Å². The molecule has 2 aromatic heterocycles. The molecule has 0 atom stereocenters. The van der Waals surface area contributed by atoms with Crippen molar-refractivity contribution in [3.05, 3.63) is 99.4 Å². The van der Waals surface area contributed by atoms with Gasteiger partial charge in [-0.15, -0.1) is 0 Å². The van der Waals surface area contributed by atoms with Crippen LogP contribution in [0.15, 0.2) is 60.8 Å². The van der Waals surface area contributed by atoms with Crippen molar-refractivity contribution >= 4 is 17.3 Å². The first-order valence-electron chi connectivity index (χ1n) is 10.3. The molecule has 0 spiro atoms. The van der Waals surface area contributed by atoms with Gasteiger partial charge in [-0.25, -0.2) is 9.07 Å². The lowest BCUT2D eigenvalue weighted by atomic mass is 10.2. The van der Waals surface area contributed by atoms with Crippen LogP contribution in [0.4, 0.5) is 15.8 Å². The summed E-state index contributed by atoms with van der Waals surface area (Å²) in [6, 6.07) is 13.8. The molecule has 174 valence electrons. The van der Waals surface area contributed by atoms with E-state index in [9.17, 15) is 19.3 Å². The van der Waals surface area contributed by atoms with Gasteiger partial charge < -0.3 is 10.1 Å². The van der Waals surface area contributed by atoms with Gasteiger partial charge in [-0.1, -0.05) is 12.1 Å². The summed E-state index contributed by atoms with van der Waals surface area (Å²) in [5, 5.41) is 22.5. The molecule has 34 heavy (non-hydrogen) atoms. The van der Waals surface area contributed by atoms with E-state index in [4.69, 9.17) is 4.74 Å². The number of nitrogens with one attached hydrogen (secondary N) is 1. The number of carbonyl (C=O) groups excluding carboxylic acids is 1. The molecule has 0 aliphatic carbocycles. The highest BCUT2D eigenvalue weighted by molar-refractivity contribution is 6.02. The first kappa shape index (κ1) is 22.6. The second kappa shape index (κ2) is 9.53. The molecule has 1 N–H and O–H groups in total. The molecule has 0 radical (unpaired) electrons. The number of aryl methyl sites for hydroxylation is 2. The lowest BCUT2D eigenvalue weighted by molar-refractivity contribution is -0.386. The average Bonchev–Trinajstić information content (AvgIpc) is 3.38.